The number of carbonyl (C=O) groups excluding carboxylic acids is 1. The van der Waals surface area contributed by atoms with Gasteiger partial charge in [-0.25, -0.2) is 9.74 Å². The molecule has 0 unspecified atom stereocenters. The molecular weight excluding hydrogens is 106 g/mol. The Morgan fingerprint density at radius 2 is 2.14 bits per heavy atom. The van der Waals surface area contributed by atoms with E-state index in [9.17, 15) is 13.7 Å². The number of carbonyl (C=O) groups is 1. The van der Waals surface area contributed by atoms with E-state index in [0.29, 0.717) is 0 Å². The van der Waals surface area contributed by atoms with E-state index in [-0.39, 0.29) is 0 Å². The summed E-state index contributed by atoms with van der Waals surface area (Å²) in [6, 6.07) is 0. The van der Waals surface area contributed by atoms with Gasteiger partial charge in [-0.05, 0) is 0 Å². The molecule has 0 saturated carbocycles. The molecule has 0 rings (SSSR count). The molecule has 0 aliphatic rings. The Bertz CT molecular complexity index is 99.1. The van der Waals surface area contributed by atoms with Crippen LogP contribution in [0.15, 0.2) is 12.4 Å². The van der Waals surface area contributed by atoms with Crippen molar-refractivity contribution in [3.8, 4) is 0 Å². The third-order valence-corrected chi connectivity index (χ3v) is 0.292. The zero-order valence-electron chi connectivity index (χ0n) is 3.28. The molecule has 0 saturated heterocycles. The van der Waals surface area contributed by atoms with E-state index in [2.05, 4.69) is 11.5 Å². The summed E-state index contributed by atoms with van der Waals surface area (Å²) in [6.45, 7) is 2.44. The smallest absolute Gasteiger partial charge is 0.247 e. The average molecular weight is 108 g/mol. The van der Waals surface area contributed by atoms with Gasteiger partial charge in [-0.15, -0.1) is 0 Å². The lowest BCUT2D eigenvalue weighted by Gasteiger charge is -1.81. The summed E-state index contributed by atoms with van der Waals surface area (Å²) in [5.74, 6) is -3.12. The first kappa shape index (κ1) is 6.07. The maximum Gasteiger partial charge on any atom is 0.407 e. The van der Waals surface area contributed by atoms with Crippen molar-refractivity contribution in [2.45, 2.75) is 0 Å². The number of hydrogen-bond acceptors (Lipinski definition) is 2. The summed E-state index contributed by atoms with van der Waals surface area (Å²) in [4.78, 5) is 11.8. The van der Waals surface area contributed by atoms with E-state index >= 15 is 0 Å². The van der Waals surface area contributed by atoms with Gasteiger partial charge in [-0.3, -0.25) is 0 Å². The Hall–Kier alpha value is -0.930. The van der Waals surface area contributed by atoms with Crippen LogP contribution in [0.4, 0.5) is 8.92 Å². The largest absolute Gasteiger partial charge is 0.407 e. The zero-order chi connectivity index (χ0) is 5.86. The molecule has 7 heavy (non-hydrogen) atoms. The van der Waals surface area contributed by atoms with Gasteiger partial charge in [-0.2, -0.15) is 4.39 Å². The van der Waals surface area contributed by atoms with Gasteiger partial charge >= 0.3 is 5.97 Å². The predicted molar refractivity (Wildman–Crippen MR) is 17.4 cm³/mol. The molecule has 0 radical (unpaired) electrons. The maximum absolute atomic E-state index is 11.2. The van der Waals surface area contributed by atoms with Crippen molar-refractivity contribution in [2.24, 2.45) is 0 Å². The van der Waals surface area contributed by atoms with Crippen LogP contribution >= 0.6 is 0 Å². The molecule has 2 nitrogen and oxygen atoms in total. The summed E-state index contributed by atoms with van der Waals surface area (Å²) in [5.41, 5.74) is 0. The average Bonchev–Trinajstić information content (AvgIpc) is 1.65. The molecule has 0 fully saturated rings. The normalized spacial score (nSPS) is 7.71. The fourth-order valence-electron chi connectivity index (χ4n) is 0.0419. The Morgan fingerprint density at radius 3 is 2.14 bits per heavy atom. The lowest BCUT2D eigenvalue weighted by Crippen LogP contribution is -1.94. The van der Waals surface area contributed by atoms with E-state index in [1.54, 1.807) is 0 Å². The van der Waals surface area contributed by atoms with E-state index in [1.165, 1.54) is 0 Å². The summed E-state index contributed by atoms with van der Waals surface area (Å²) in [7, 11) is 0. The second-order valence-corrected chi connectivity index (χ2v) is 0.770. The fraction of sp³-hybridized carbons (Fsp3) is 0. The number of halogens is 2. The van der Waals surface area contributed by atoms with Crippen molar-refractivity contribution >= 4 is 5.97 Å². The third kappa shape index (κ3) is 1.86. The van der Waals surface area contributed by atoms with Crippen LogP contribution in [0.3, 0.4) is 0 Å². The van der Waals surface area contributed by atoms with Crippen LogP contribution in [0.2, 0.25) is 0 Å². The van der Waals surface area contributed by atoms with Crippen LogP contribution in [0, 0.1) is 0 Å². The molecular formula is C3H2F2O2. The summed E-state index contributed by atoms with van der Waals surface area (Å²) >= 11 is 0. The van der Waals surface area contributed by atoms with Gasteiger partial charge in [0.05, 0.1) is 0 Å². The molecule has 0 atom stereocenters. The molecule has 40 valence electrons. The van der Waals surface area contributed by atoms with Crippen molar-refractivity contribution in [3.63, 3.8) is 0 Å². The molecule has 0 aromatic carbocycles. The fourth-order valence-corrected chi connectivity index (χ4v) is 0.0419. The molecule has 0 N–H and O–H groups in total. The minimum atomic E-state index is -1.68. The maximum atomic E-state index is 11.2. The zero-order valence-corrected chi connectivity index (χ0v) is 3.28. The lowest BCUT2D eigenvalue weighted by atomic mass is 10.6. The van der Waals surface area contributed by atoms with Gasteiger partial charge < -0.3 is 0 Å². The molecule has 0 bridgehead atoms. The van der Waals surface area contributed by atoms with Crippen LogP contribution in [0.5, 0.6) is 0 Å². The molecule has 0 amide bonds. The van der Waals surface area contributed by atoms with Crippen LogP contribution < -0.4 is 0 Å². The first-order chi connectivity index (χ1) is 3.18. The minimum Gasteiger partial charge on any atom is -0.247 e. The van der Waals surface area contributed by atoms with Gasteiger partial charge in [0.1, 0.15) is 0 Å². The van der Waals surface area contributed by atoms with Gasteiger partial charge in [0.25, 0.3) is 0 Å². The van der Waals surface area contributed by atoms with Crippen LogP contribution in [-0.2, 0) is 9.74 Å². The molecule has 0 aromatic heterocycles. The molecule has 0 aliphatic heterocycles. The minimum absolute atomic E-state index is 1.44. The Morgan fingerprint density at radius 1 is 1.71 bits per heavy atom. The predicted octanol–water partition coefficient (Wildman–Crippen LogP) is 0.897. The van der Waals surface area contributed by atoms with E-state index in [1.807, 2.05) is 0 Å². The molecule has 0 aromatic rings. The standard InChI is InChI=1S/C3H2F2O2/c1-2(4)3(6)7-5/h1H2. The Labute approximate surface area is 38.3 Å². The summed E-state index contributed by atoms with van der Waals surface area (Å²) in [5, 5.41) is 0. The first-order valence-corrected chi connectivity index (χ1v) is 1.36. The highest BCUT2D eigenvalue weighted by atomic mass is 19.3. The second-order valence-electron chi connectivity index (χ2n) is 0.770. The van der Waals surface area contributed by atoms with Crippen LogP contribution in [-0.4, -0.2) is 5.97 Å². The van der Waals surface area contributed by atoms with E-state index < -0.39 is 11.8 Å². The van der Waals surface area contributed by atoms with Crippen LogP contribution in [0.1, 0.15) is 0 Å². The molecule has 4 heteroatoms. The van der Waals surface area contributed by atoms with Crippen molar-refractivity contribution in [2.75, 3.05) is 0 Å². The molecule has 0 spiro atoms. The highest BCUT2D eigenvalue weighted by Gasteiger charge is 2.05. The van der Waals surface area contributed by atoms with Gasteiger partial charge in [0.15, 0.2) is 0 Å². The van der Waals surface area contributed by atoms with Gasteiger partial charge in [0.2, 0.25) is 5.83 Å². The lowest BCUT2D eigenvalue weighted by molar-refractivity contribution is -0.180. The monoisotopic (exact) mass is 108 g/mol. The number of rotatable bonds is 1. The van der Waals surface area contributed by atoms with Crippen molar-refractivity contribution in [1.29, 1.82) is 0 Å². The molecule has 0 heterocycles. The Balaban J connectivity index is 3.58. The third-order valence-electron chi connectivity index (χ3n) is 0.292. The van der Waals surface area contributed by atoms with Gasteiger partial charge in [-0.1, -0.05) is 6.58 Å². The van der Waals surface area contributed by atoms with Crippen LogP contribution in [0.25, 0.3) is 0 Å². The van der Waals surface area contributed by atoms with Crippen molar-refractivity contribution < 1.29 is 18.7 Å². The first-order valence-electron chi connectivity index (χ1n) is 1.36. The summed E-state index contributed by atoms with van der Waals surface area (Å²) in [6.07, 6.45) is 0. The summed E-state index contributed by atoms with van der Waals surface area (Å²) < 4.78 is 21.7. The molecule has 0 aliphatic carbocycles. The van der Waals surface area contributed by atoms with Crippen molar-refractivity contribution in [1.82, 2.24) is 0 Å². The number of hydrogen-bond donors (Lipinski definition) is 0. The van der Waals surface area contributed by atoms with E-state index in [4.69, 9.17) is 0 Å². The Kier molecular flexibility index (Phi) is 1.98. The highest BCUT2D eigenvalue weighted by Crippen LogP contribution is 1.93. The topological polar surface area (TPSA) is 26.3 Å². The second kappa shape index (κ2) is 2.28. The van der Waals surface area contributed by atoms with Crippen molar-refractivity contribution in [3.05, 3.63) is 12.4 Å². The SMILES string of the molecule is C=C(F)C(=O)OF. The van der Waals surface area contributed by atoms with E-state index in [0.717, 1.165) is 0 Å². The van der Waals surface area contributed by atoms with Gasteiger partial charge in [0, 0.05) is 4.53 Å². The quantitative estimate of drug-likeness (QED) is 0.466. The highest BCUT2D eigenvalue weighted by molar-refractivity contribution is 5.84.